The first-order valence-corrected chi connectivity index (χ1v) is 6.66. The second-order valence-corrected chi connectivity index (χ2v) is 6.34. The second-order valence-electron chi connectivity index (χ2n) is 4.39. The van der Waals surface area contributed by atoms with E-state index in [1.54, 1.807) is 12.1 Å². The monoisotopic (exact) mass is 225 g/mol. The summed E-state index contributed by atoms with van der Waals surface area (Å²) >= 11 is 0. The van der Waals surface area contributed by atoms with Gasteiger partial charge in [0.2, 0.25) is 0 Å². The van der Waals surface area contributed by atoms with Crippen LogP contribution in [0.3, 0.4) is 0 Å². The van der Waals surface area contributed by atoms with Gasteiger partial charge < -0.3 is 5.73 Å². The van der Waals surface area contributed by atoms with Gasteiger partial charge in [-0.25, -0.2) is 8.42 Å². The molecule has 15 heavy (non-hydrogen) atoms. The Balaban J connectivity index is 2.33. The number of nitrogens with two attached hydrogens (primary N) is 1. The predicted molar refractivity (Wildman–Crippen MR) is 59.4 cm³/mol. The van der Waals surface area contributed by atoms with Crippen LogP contribution in [-0.2, 0) is 9.84 Å². The summed E-state index contributed by atoms with van der Waals surface area (Å²) in [6.45, 7) is 1.81. The third-order valence-corrected chi connectivity index (χ3v) is 4.88. The molecule has 0 aromatic heterocycles. The molecule has 1 aromatic carbocycles. The Labute approximate surface area is 90.2 Å². The smallest absolute Gasteiger partial charge is 0.180 e. The minimum Gasteiger partial charge on any atom is -0.324 e. The summed E-state index contributed by atoms with van der Waals surface area (Å²) in [6, 6.07) is 7.04. The van der Waals surface area contributed by atoms with Gasteiger partial charge in [-0.15, -0.1) is 0 Å². The van der Waals surface area contributed by atoms with Crippen molar-refractivity contribution in [2.75, 3.05) is 5.75 Å². The maximum Gasteiger partial charge on any atom is 0.180 e. The molecule has 4 heteroatoms. The average molecular weight is 225 g/mol. The van der Waals surface area contributed by atoms with E-state index in [1.807, 2.05) is 19.1 Å². The van der Waals surface area contributed by atoms with Crippen LogP contribution in [0.4, 0.5) is 0 Å². The molecule has 1 aromatic rings. The number of hydrogen-bond donors (Lipinski definition) is 1. The minimum absolute atomic E-state index is 0.0743. The molecule has 0 bridgehead atoms. The van der Waals surface area contributed by atoms with Gasteiger partial charge in [0.1, 0.15) is 0 Å². The molecular formula is C11H15NO2S. The summed E-state index contributed by atoms with van der Waals surface area (Å²) < 4.78 is 24.1. The summed E-state index contributed by atoms with van der Waals surface area (Å²) in [7, 11) is -3.21. The van der Waals surface area contributed by atoms with Crippen molar-refractivity contribution in [2.45, 2.75) is 30.2 Å². The topological polar surface area (TPSA) is 60.2 Å². The van der Waals surface area contributed by atoms with E-state index in [-0.39, 0.29) is 5.75 Å². The molecule has 0 spiro atoms. The van der Waals surface area contributed by atoms with Gasteiger partial charge in [-0.1, -0.05) is 18.2 Å². The van der Waals surface area contributed by atoms with E-state index in [4.69, 9.17) is 5.73 Å². The first-order valence-electron chi connectivity index (χ1n) is 5.00. The zero-order valence-corrected chi connectivity index (χ0v) is 9.55. The molecule has 3 nitrogen and oxygen atoms in total. The molecule has 0 saturated heterocycles. The first-order chi connectivity index (χ1) is 6.93. The van der Waals surface area contributed by atoms with Crippen LogP contribution in [0.15, 0.2) is 29.2 Å². The van der Waals surface area contributed by atoms with Crippen molar-refractivity contribution in [1.29, 1.82) is 0 Å². The maximum atomic E-state index is 12.0. The van der Waals surface area contributed by atoms with Crippen molar-refractivity contribution >= 4 is 9.84 Å². The van der Waals surface area contributed by atoms with Gasteiger partial charge in [0.15, 0.2) is 9.84 Å². The minimum atomic E-state index is -3.21. The largest absolute Gasteiger partial charge is 0.324 e. The van der Waals surface area contributed by atoms with Crippen molar-refractivity contribution in [3.8, 4) is 0 Å². The highest BCUT2D eigenvalue weighted by molar-refractivity contribution is 7.91. The fourth-order valence-electron chi connectivity index (χ4n) is 1.67. The fourth-order valence-corrected chi connectivity index (χ4v) is 3.71. The van der Waals surface area contributed by atoms with Gasteiger partial charge >= 0.3 is 0 Å². The van der Waals surface area contributed by atoms with Crippen LogP contribution < -0.4 is 5.73 Å². The lowest BCUT2D eigenvalue weighted by molar-refractivity contribution is 0.585. The number of hydrogen-bond acceptors (Lipinski definition) is 3. The second kappa shape index (κ2) is 3.32. The Bertz CT molecular complexity index is 475. The first kappa shape index (κ1) is 10.6. The van der Waals surface area contributed by atoms with Crippen molar-refractivity contribution in [3.63, 3.8) is 0 Å². The molecule has 0 atom stereocenters. The van der Waals surface area contributed by atoms with Crippen LogP contribution in [0.5, 0.6) is 0 Å². The lowest BCUT2D eigenvalue weighted by Gasteiger charge is -2.11. The van der Waals surface area contributed by atoms with E-state index < -0.39 is 15.4 Å². The summed E-state index contributed by atoms with van der Waals surface area (Å²) in [4.78, 5) is 0.418. The van der Waals surface area contributed by atoms with Gasteiger partial charge in [0, 0.05) is 5.54 Å². The Morgan fingerprint density at radius 2 is 1.93 bits per heavy atom. The van der Waals surface area contributed by atoms with E-state index in [9.17, 15) is 8.42 Å². The lowest BCUT2D eigenvalue weighted by atomic mass is 10.2. The quantitative estimate of drug-likeness (QED) is 0.842. The Hall–Kier alpha value is -0.870. The zero-order chi connectivity index (χ0) is 11.1. The van der Waals surface area contributed by atoms with Gasteiger partial charge in [0.25, 0.3) is 0 Å². The highest BCUT2D eigenvalue weighted by atomic mass is 32.2. The summed E-state index contributed by atoms with van der Waals surface area (Å²) in [5.41, 5.74) is 6.18. The van der Waals surface area contributed by atoms with E-state index in [1.165, 1.54) is 0 Å². The SMILES string of the molecule is Cc1ccccc1S(=O)(=O)CC1(N)CC1. The normalized spacial score (nSPS) is 18.8. The summed E-state index contributed by atoms with van der Waals surface area (Å²) in [6.07, 6.45) is 1.64. The van der Waals surface area contributed by atoms with Gasteiger partial charge in [-0.2, -0.15) is 0 Å². The third-order valence-electron chi connectivity index (χ3n) is 2.80. The number of rotatable bonds is 3. The Morgan fingerprint density at radius 3 is 2.47 bits per heavy atom. The van der Waals surface area contributed by atoms with E-state index in [0.717, 1.165) is 18.4 Å². The molecular weight excluding hydrogens is 210 g/mol. The summed E-state index contributed by atoms with van der Waals surface area (Å²) in [5.74, 6) is 0.0743. The van der Waals surface area contributed by atoms with E-state index >= 15 is 0 Å². The van der Waals surface area contributed by atoms with Crippen molar-refractivity contribution in [3.05, 3.63) is 29.8 Å². The molecule has 2 N–H and O–H groups in total. The zero-order valence-electron chi connectivity index (χ0n) is 8.73. The molecule has 0 aliphatic heterocycles. The number of sulfone groups is 1. The van der Waals surface area contributed by atoms with Gasteiger partial charge in [-0.05, 0) is 31.4 Å². The van der Waals surface area contributed by atoms with E-state index in [2.05, 4.69) is 0 Å². The number of aryl methyl sites for hydroxylation is 1. The van der Waals surface area contributed by atoms with Crippen LogP contribution in [0.1, 0.15) is 18.4 Å². The highest BCUT2D eigenvalue weighted by Gasteiger charge is 2.42. The molecule has 2 rings (SSSR count). The van der Waals surface area contributed by atoms with Crippen LogP contribution in [-0.4, -0.2) is 19.7 Å². The molecule has 0 unspecified atom stereocenters. The Morgan fingerprint density at radius 1 is 1.33 bits per heavy atom. The average Bonchev–Trinajstić information content (AvgIpc) is 2.82. The standard InChI is InChI=1S/C11H15NO2S/c1-9-4-2-3-5-10(9)15(13,14)8-11(12)6-7-11/h2-5H,6-8,12H2,1H3. The third kappa shape index (κ3) is 2.21. The fraction of sp³-hybridized carbons (Fsp3) is 0.455. The van der Waals surface area contributed by atoms with Crippen LogP contribution >= 0.6 is 0 Å². The molecule has 82 valence electrons. The van der Waals surface area contributed by atoms with Crippen LogP contribution in [0.2, 0.25) is 0 Å². The lowest BCUT2D eigenvalue weighted by Crippen LogP contribution is -2.31. The summed E-state index contributed by atoms with van der Waals surface area (Å²) in [5, 5.41) is 0. The van der Waals surface area contributed by atoms with Crippen LogP contribution in [0, 0.1) is 6.92 Å². The highest BCUT2D eigenvalue weighted by Crippen LogP contribution is 2.35. The van der Waals surface area contributed by atoms with Crippen molar-refractivity contribution in [2.24, 2.45) is 5.73 Å². The molecule has 1 saturated carbocycles. The molecule has 1 aliphatic carbocycles. The van der Waals surface area contributed by atoms with Crippen LogP contribution in [0.25, 0.3) is 0 Å². The molecule has 1 aliphatic rings. The maximum absolute atomic E-state index is 12.0. The van der Waals surface area contributed by atoms with Crippen molar-refractivity contribution < 1.29 is 8.42 Å². The van der Waals surface area contributed by atoms with Crippen molar-refractivity contribution in [1.82, 2.24) is 0 Å². The van der Waals surface area contributed by atoms with Gasteiger partial charge in [-0.3, -0.25) is 0 Å². The number of benzene rings is 1. The Kier molecular flexibility index (Phi) is 2.35. The molecule has 0 radical (unpaired) electrons. The molecule has 0 amide bonds. The molecule has 0 heterocycles. The molecule has 1 fully saturated rings. The predicted octanol–water partition coefficient (Wildman–Crippen LogP) is 1.26. The van der Waals surface area contributed by atoms with Gasteiger partial charge in [0.05, 0.1) is 10.6 Å². The van der Waals surface area contributed by atoms with E-state index in [0.29, 0.717) is 4.90 Å².